The van der Waals surface area contributed by atoms with Crippen LogP contribution in [0.5, 0.6) is 0 Å². The molecule has 0 aliphatic heterocycles. The fraction of sp³-hybridized carbons (Fsp3) is 0.158. The highest BCUT2D eigenvalue weighted by Gasteiger charge is 2.10. The molecule has 2 N–H and O–H groups in total. The minimum Gasteiger partial charge on any atom is -0.340 e. The molecule has 0 aliphatic rings. The SMILES string of the molecule is CS(=O)c1ccccc1-c1cc(Nc2cccc(CNS(C)(=O)=O)c2)ncn1. The van der Waals surface area contributed by atoms with Gasteiger partial charge in [-0.15, -0.1) is 0 Å². The Morgan fingerprint density at radius 1 is 1.04 bits per heavy atom. The van der Waals surface area contributed by atoms with Crippen molar-refractivity contribution in [1.29, 1.82) is 0 Å². The summed E-state index contributed by atoms with van der Waals surface area (Å²) in [5.41, 5.74) is 3.04. The van der Waals surface area contributed by atoms with E-state index in [1.807, 2.05) is 48.5 Å². The van der Waals surface area contributed by atoms with Crippen molar-refractivity contribution in [3.63, 3.8) is 0 Å². The zero-order valence-corrected chi connectivity index (χ0v) is 17.0. The molecule has 0 saturated heterocycles. The third kappa shape index (κ3) is 5.44. The maximum Gasteiger partial charge on any atom is 0.209 e. The minimum absolute atomic E-state index is 0.207. The lowest BCUT2D eigenvalue weighted by atomic mass is 10.1. The highest BCUT2D eigenvalue weighted by Crippen LogP contribution is 2.26. The first kappa shape index (κ1) is 20.1. The largest absolute Gasteiger partial charge is 0.340 e. The number of nitrogens with one attached hydrogen (secondary N) is 2. The summed E-state index contributed by atoms with van der Waals surface area (Å²) >= 11 is 0. The molecule has 7 nitrogen and oxygen atoms in total. The van der Waals surface area contributed by atoms with Crippen LogP contribution in [0.1, 0.15) is 5.56 Å². The van der Waals surface area contributed by atoms with Gasteiger partial charge in [0.25, 0.3) is 0 Å². The van der Waals surface area contributed by atoms with Crippen molar-refractivity contribution in [2.75, 3.05) is 17.8 Å². The molecule has 0 saturated carbocycles. The van der Waals surface area contributed by atoms with E-state index in [1.54, 1.807) is 12.3 Å². The number of benzene rings is 2. The molecule has 1 atom stereocenters. The molecule has 9 heteroatoms. The Labute approximate surface area is 166 Å². The quantitative estimate of drug-likeness (QED) is 0.614. The minimum atomic E-state index is -3.26. The summed E-state index contributed by atoms with van der Waals surface area (Å²) in [5, 5.41) is 3.20. The molecule has 0 spiro atoms. The molecule has 3 aromatic rings. The van der Waals surface area contributed by atoms with Crippen molar-refractivity contribution in [3.05, 3.63) is 66.5 Å². The van der Waals surface area contributed by atoms with Gasteiger partial charge in [-0.05, 0) is 23.8 Å². The van der Waals surface area contributed by atoms with E-state index >= 15 is 0 Å². The predicted octanol–water partition coefficient (Wildman–Crippen LogP) is 2.67. The summed E-state index contributed by atoms with van der Waals surface area (Å²) in [6.07, 6.45) is 4.20. The van der Waals surface area contributed by atoms with Crippen molar-refractivity contribution in [2.24, 2.45) is 0 Å². The van der Waals surface area contributed by atoms with Gasteiger partial charge in [0.2, 0.25) is 10.0 Å². The summed E-state index contributed by atoms with van der Waals surface area (Å²) in [7, 11) is -4.39. The summed E-state index contributed by atoms with van der Waals surface area (Å²) in [4.78, 5) is 9.26. The molecule has 0 radical (unpaired) electrons. The molecule has 2 aromatic carbocycles. The van der Waals surface area contributed by atoms with Crippen molar-refractivity contribution < 1.29 is 12.6 Å². The van der Waals surface area contributed by atoms with Gasteiger partial charge in [-0.25, -0.2) is 23.1 Å². The number of rotatable bonds is 7. The smallest absolute Gasteiger partial charge is 0.209 e. The van der Waals surface area contributed by atoms with Crippen molar-refractivity contribution >= 4 is 32.3 Å². The molecule has 3 rings (SSSR count). The molecule has 1 aromatic heterocycles. The van der Waals surface area contributed by atoms with Crippen LogP contribution in [0.4, 0.5) is 11.5 Å². The van der Waals surface area contributed by atoms with Gasteiger partial charge in [0.1, 0.15) is 12.1 Å². The number of hydrogen-bond acceptors (Lipinski definition) is 6. The maximum absolute atomic E-state index is 12.0. The van der Waals surface area contributed by atoms with Gasteiger partial charge in [0.05, 0.1) is 22.7 Å². The summed E-state index contributed by atoms with van der Waals surface area (Å²) in [6.45, 7) is 0.207. The normalized spacial score (nSPS) is 12.5. The van der Waals surface area contributed by atoms with Crippen LogP contribution in [0, 0.1) is 0 Å². The van der Waals surface area contributed by atoms with Gasteiger partial charge in [-0.1, -0.05) is 30.3 Å². The molecule has 0 aliphatic carbocycles. The van der Waals surface area contributed by atoms with Gasteiger partial charge in [0, 0.05) is 35.0 Å². The Morgan fingerprint density at radius 2 is 1.82 bits per heavy atom. The van der Waals surface area contributed by atoms with E-state index in [2.05, 4.69) is 20.0 Å². The maximum atomic E-state index is 12.0. The van der Waals surface area contributed by atoms with Crippen molar-refractivity contribution in [1.82, 2.24) is 14.7 Å². The van der Waals surface area contributed by atoms with Crippen LogP contribution in [-0.2, 0) is 27.4 Å². The van der Waals surface area contributed by atoms with Crippen LogP contribution in [0.15, 0.2) is 65.8 Å². The van der Waals surface area contributed by atoms with Crippen LogP contribution in [0.2, 0.25) is 0 Å². The lowest BCUT2D eigenvalue weighted by molar-refractivity contribution is 0.587. The third-order valence-corrected chi connectivity index (χ3v) is 5.52. The molecule has 1 heterocycles. The van der Waals surface area contributed by atoms with Gasteiger partial charge >= 0.3 is 0 Å². The second kappa shape index (κ2) is 8.59. The zero-order chi connectivity index (χ0) is 20.1. The van der Waals surface area contributed by atoms with E-state index in [0.717, 1.165) is 23.1 Å². The summed E-state index contributed by atoms with van der Waals surface area (Å²) < 4.78 is 37.0. The standard InChI is InChI=1S/C19H20N4O3S2/c1-27(24)18-9-4-3-8-16(18)17-11-19(21-13-20-17)23-15-7-5-6-14(10-15)12-22-28(2,25)26/h3-11,13,22H,12H2,1-2H3,(H,20,21,23). The highest BCUT2D eigenvalue weighted by molar-refractivity contribution is 7.88. The molecule has 0 bridgehead atoms. The van der Waals surface area contributed by atoms with E-state index in [1.165, 1.54) is 6.33 Å². The van der Waals surface area contributed by atoms with Crippen LogP contribution < -0.4 is 10.0 Å². The highest BCUT2D eigenvalue weighted by atomic mass is 32.2. The average molecular weight is 417 g/mol. The Kier molecular flexibility index (Phi) is 6.18. The molecular formula is C19H20N4O3S2. The van der Waals surface area contributed by atoms with Gasteiger partial charge in [-0.3, -0.25) is 4.21 Å². The fourth-order valence-corrected chi connectivity index (χ4v) is 3.80. The molecule has 1 unspecified atom stereocenters. The molecule has 0 amide bonds. The predicted molar refractivity (Wildman–Crippen MR) is 111 cm³/mol. The van der Waals surface area contributed by atoms with Crippen LogP contribution in [0.3, 0.4) is 0 Å². The van der Waals surface area contributed by atoms with E-state index < -0.39 is 20.8 Å². The Bertz CT molecular complexity index is 1120. The fourth-order valence-electron chi connectivity index (χ4n) is 2.62. The number of hydrogen-bond donors (Lipinski definition) is 2. The summed E-state index contributed by atoms with van der Waals surface area (Å²) in [6, 6.07) is 16.6. The average Bonchev–Trinajstić information content (AvgIpc) is 2.66. The number of sulfonamides is 1. The summed E-state index contributed by atoms with van der Waals surface area (Å²) in [5.74, 6) is 0.579. The second-order valence-electron chi connectivity index (χ2n) is 6.16. The third-order valence-electron chi connectivity index (χ3n) is 3.88. The first-order valence-corrected chi connectivity index (χ1v) is 11.8. The Balaban J connectivity index is 1.84. The monoisotopic (exact) mass is 416 g/mol. The van der Waals surface area contributed by atoms with E-state index in [4.69, 9.17) is 0 Å². The number of nitrogens with zero attached hydrogens (tertiary/aromatic N) is 2. The second-order valence-corrected chi connectivity index (χ2v) is 9.34. The van der Waals surface area contributed by atoms with Crippen molar-refractivity contribution in [3.8, 4) is 11.3 Å². The zero-order valence-electron chi connectivity index (χ0n) is 15.4. The van der Waals surface area contributed by atoms with Crippen LogP contribution in [0.25, 0.3) is 11.3 Å². The topological polar surface area (TPSA) is 101 Å². The molecule has 0 fully saturated rings. The first-order valence-electron chi connectivity index (χ1n) is 8.37. The lowest BCUT2D eigenvalue weighted by Crippen LogP contribution is -2.21. The number of anilines is 2. The van der Waals surface area contributed by atoms with E-state index in [9.17, 15) is 12.6 Å². The van der Waals surface area contributed by atoms with Gasteiger partial charge in [0.15, 0.2) is 0 Å². The first-order chi connectivity index (χ1) is 13.3. The van der Waals surface area contributed by atoms with E-state index in [-0.39, 0.29) is 6.54 Å². The molecule has 28 heavy (non-hydrogen) atoms. The number of aromatic nitrogens is 2. The molecule has 146 valence electrons. The Hall–Kier alpha value is -2.62. The van der Waals surface area contributed by atoms with Gasteiger partial charge in [-0.2, -0.15) is 0 Å². The lowest BCUT2D eigenvalue weighted by Gasteiger charge is -2.10. The van der Waals surface area contributed by atoms with E-state index in [0.29, 0.717) is 16.4 Å². The van der Waals surface area contributed by atoms with Crippen LogP contribution in [-0.4, -0.2) is 35.1 Å². The molecular weight excluding hydrogens is 396 g/mol. The Morgan fingerprint density at radius 3 is 2.57 bits per heavy atom. The van der Waals surface area contributed by atoms with Crippen LogP contribution >= 0.6 is 0 Å². The van der Waals surface area contributed by atoms with Gasteiger partial charge < -0.3 is 5.32 Å². The van der Waals surface area contributed by atoms with Crippen molar-refractivity contribution in [2.45, 2.75) is 11.4 Å².